The number of hydrogen-bond donors (Lipinski definition) is 1. The molecule has 0 saturated heterocycles. The average molecular weight is 522 g/mol. The van der Waals surface area contributed by atoms with Crippen molar-refractivity contribution >= 4 is 28.6 Å². The number of benzene rings is 2. The van der Waals surface area contributed by atoms with E-state index < -0.39 is 11.9 Å². The normalized spacial score (nSPS) is 11.0. The summed E-state index contributed by atoms with van der Waals surface area (Å²) in [5, 5.41) is 10.8. The summed E-state index contributed by atoms with van der Waals surface area (Å²) < 4.78 is 12.2. The van der Waals surface area contributed by atoms with Crippen LogP contribution in [0.2, 0.25) is 0 Å². The third kappa shape index (κ3) is 7.70. The number of esters is 1. The van der Waals surface area contributed by atoms with Crippen molar-refractivity contribution in [1.29, 1.82) is 0 Å². The number of carbonyl (C=O) groups excluding carboxylic acids is 2. The summed E-state index contributed by atoms with van der Waals surface area (Å²) in [6, 6.07) is 13.9. The number of rotatable bonds is 17. The van der Waals surface area contributed by atoms with Crippen molar-refractivity contribution in [2.24, 2.45) is 0 Å². The Morgan fingerprint density at radius 2 is 1.47 bits per heavy atom. The number of methoxy groups -OCH3 is 1. The molecule has 7 heteroatoms. The van der Waals surface area contributed by atoms with Crippen molar-refractivity contribution in [3.05, 3.63) is 65.4 Å². The van der Waals surface area contributed by atoms with Gasteiger partial charge < -0.3 is 19.1 Å². The number of ketones is 1. The topological polar surface area (TPSA) is 94.8 Å². The summed E-state index contributed by atoms with van der Waals surface area (Å²) in [6.45, 7) is 2.67. The molecule has 3 rings (SSSR count). The van der Waals surface area contributed by atoms with E-state index in [0.717, 1.165) is 19.3 Å². The number of aromatic carboxylic acids is 1. The SMILES string of the molecule is CCCCCCCCCCCC(=O)c1c(C(=O)O)n(CCOc2ccc(C(=O)OC)cc2)c2ccccc12. The van der Waals surface area contributed by atoms with Crippen LogP contribution in [-0.4, -0.2) is 41.1 Å². The van der Waals surface area contributed by atoms with Crippen molar-refractivity contribution in [1.82, 2.24) is 4.57 Å². The Kier molecular flexibility index (Phi) is 11.4. The maximum Gasteiger partial charge on any atom is 0.353 e. The van der Waals surface area contributed by atoms with Crippen LogP contribution in [0.4, 0.5) is 0 Å². The Morgan fingerprint density at radius 3 is 2.11 bits per heavy atom. The molecular weight excluding hydrogens is 482 g/mol. The first-order valence-corrected chi connectivity index (χ1v) is 13.7. The Hall–Kier alpha value is -3.61. The average Bonchev–Trinajstić information content (AvgIpc) is 3.26. The van der Waals surface area contributed by atoms with Gasteiger partial charge in [0.25, 0.3) is 0 Å². The number of carboxylic acids is 1. The molecule has 0 radical (unpaired) electrons. The van der Waals surface area contributed by atoms with Crippen LogP contribution in [0.15, 0.2) is 48.5 Å². The molecule has 0 amide bonds. The van der Waals surface area contributed by atoms with Crippen LogP contribution < -0.4 is 4.74 Å². The minimum atomic E-state index is -1.13. The van der Waals surface area contributed by atoms with Crippen LogP contribution in [-0.2, 0) is 11.3 Å². The first-order chi connectivity index (χ1) is 18.5. The molecule has 1 aromatic heterocycles. The number of nitrogens with zero attached hydrogens (tertiary/aromatic N) is 1. The van der Waals surface area contributed by atoms with Crippen molar-refractivity contribution in [3.8, 4) is 5.75 Å². The highest BCUT2D eigenvalue weighted by Gasteiger charge is 2.26. The Morgan fingerprint density at radius 1 is 0.842 bits per heavy atom. The highest BCUT2D eigenvalue weighted by atomic mass is 16.5. The molecule has 0 bridgehead atoms. The molecule has 0 saturated carbocycles. The molecule has 204 valence electrons. The van der Waals surface area contributed by atoms with Gasteiger partial charge in [-0.3, -0.25) is 4.79 Å². The van der Waals surface area contributed by atoms with E-state index in [1.54, 1.807) is 28.8 Å². The summed E-state index contributed by atoms with van der Waals surface area (Å²) in [6.07, 6.45) is 10.7. The predicted molar refractivity (Wildman–Crippen MR) is 148 cm³/mol. The molecule has 0 aliphatic carbocycles. The summed E-state index contributed by atoms with van der Waals surface area (Å²) >= 11 is 0. The van der Waals surface area contributed by atoms with Gasteiger partial charge in [0.2, 0.25) is 0 Å². The largest absolute Gasteiger partial charge is 0.492 e. The minimum Gasteiger partial charge on any atom is -0.492 e. The molecule has 3 aromatic rings. The van der Waals surface area contributed by atoms with Crippen molar-refractivity contribution in [2.75, 3.05) is 13.7 Å². The zero-order valence-corrected chi connectivity index (χ0v) is 22.5. The second-order valence-electron chi connectivity index (χ2n) is 9.56. The second kappa shape index (κ2) is 15.0. The predicted octanol–water partition coefficient (Wildman–Crippen LogP) is 7.31. The molecule has 0 aliphatic heterocycles. The molecular formula is C31H39NO6. The molecule has 0 spiro atoms. The summed E-state index contributed by atoms with van der Waals surface area (Å²) in [7, 11) is 1.32. The maximum absolute atomic E-state index is 13.3. The van der Waals surface area contributed by atoms with E-state index in [2.05, 4.69) is 6.92 Å². The van der Waals surface area contributed by atoms with E-state index in [1.165, 1.54) is 45.6 Å². The lowest BCUT2D eigenvalue weighted by Crippen LogP contribution is -2.16. The third-order valence-electron chi connectivity index (χ3n) is 6.82. The molecule has 2 aromatic carbocycles. The van der Waals surface area contributed by atoms with E-state index in [4.69, 9.17) is 9.47 Å². The fourth-order valence-electron chi connectivity index (χ4n) is 4.82. The Balaban J connectivity index is 1.65. The standard InChI is InChI=1S/C31H39NO6/c1-3-4-5-6-7-8-9-10-11-16-27(33)28-25-14-12-13-15-26(25)32(29(28)30(34)35)21-22-38-24-19-17-23(18-20-24)31(36)37-2/h12-15,17-20H,3-11,16,21-22H2,1-2H3,(H,34,35). The number of ether oxygens (including phenoxy) is 2. The number of carbonyl (C=O) groups is 3. The number of hydrogen-bond acceptors (Lipinski definition) is 5. The molecule has 7 nitrogen and oxygen atoms in total. The summed E-state index contributed by atoms with van der Waals surface area (Å²) in [4.78, 5) is 37.2. The van der Waals surface area contributed by atoms with Crippen molar-refractivity contribution in [2.45, 2.75) is 77.7 Å². The highest BCUT2D eigenvalue weighted by Crippen LogP contribution is 2.29. The second-order valence-corrected chi connectivity index (χ2v) is 9.56. The van der Waals surface area contributed by atoms with Crippen LogP contribution in [0.5, 0.6) is 5.75 Å². The van der Waals surface area contributed by atoms with Gasteiger partial charge in [-0.2, -0.15) is 0 Å². The quantitative estimate of drug-likeness (QED) is 0.114. The van der Waals surface area contributed by atoms with Crippen LogP contribution in [0, 0.1) is 0 Å². The van der Waals surface area contributed by atoms with Crippen molar-refractivity contribution < 1.29 is 29.0 Å². The lowest BCUT2D eigenvalue weighted by Gasteiger charge is -2.11. The summed E-state index contributed by atoms with van der Waals surface area (Å²) in [5.41, 5.74) is 1.41. The van der Waals surface area contributed by atoms with Crippen LogP contribution >= 0.6 is 0 Å². The molecule has 0 unspecified atom stereocenters. The maximum atomic E-state index is 13.3. The first kappa shape index (κ1) is 29.0. The van der Waals surface area contributed by atoms with E-state index in [-0.39, 0.29) is 30.2 Å². The molecule has 1 heterocycles. The van der Waals surface area contributed by atoms with Gasteiger partial charge in [0, 0.05) is 17.3 Å². The van der Waals surface area contributed by atoms with Gasteiger partial charge in [0.05, 0.1) is 24.8 Å². The molecule has 1 N–H and O–H groups in total. The minimum absolute atomic E-state index is 0.0109. The number of unbranched alkanes of at least 4 members (excludes halogenated alkanes) is 8. The highest BCUT2D eigenvalue weighted by molar-refractivity contribution is 6.15. The van der Waals surface area contributed by atoms with Crippen LogP contribution in [0.3, 0.4) is 0 Å². The van der Waals surface area contributed by atoms with E-state index in [1.807, 2.05) is 24.3 Å². The van der Waals surface area contributed by atoms with Crippen molar-refractivity contribution in [3.63, 3.8) is 0 Å². The molecule has 0 aliphatic rings. The van der Waals surface area contributed by atoms with Gasteiger partial charge in [-0.15, -0.1) is 0 Å². The first-order valence-electron chi connectivity index (χ1n) is 13.7. The zero-order valence-electron chi connectivity index (χ0n) is 22.5. The van der Waals surface area contributed by atoms with E-state index in [9.17, 15) is 19.5 Å². The summed E-state index contributed by atoms with van der Waals surface area (Å²) in [5.74, 6) is -1.13. The smallest absolute Gasteiger partial charge is 0.353 e. The fourth-order valence-corrected chi connectivity index (χ4v) is 4.82. The van der Waals surface area contributed by atoms with Crippen LogP contribution in [0.1, 0.15) is 102 Å². The van der Waals surface area contributed by atoms with Gasteiger partial charge in [-0.1, -0.05) is 76.5 Å². The van der Waals surface area contributed by atoms with Gasteiger partial charge >= 0.3 is 11.9 Å². The Bertz CT molecular complexity index is 1210. The number of carboxylic acid groups (broad SMARTS) is 1. The molecule has 0 fully saturated rings. The van der Waals surface area contributed by atoms with Crippen LogP contribution in [0.25, 0.3) is 10.9 Å². The molecule has 38 heavy (non-hydrogen) atoms. The lowest BCUT2D eigenvalue weighted by molar-refractivity contribution is 0.0599. The zero-order chi connectivity index (χ0) is 27.3. The van der Waals surface area contributed by atoms with E-state index in [0.29, 0.717) is 28.6 Å². The van der Waals surface area contributed by atoms with Gasteiger partial charge in [0.15, 0.2) is 5.78 Å². The van der Waals surface area contributed by atoms with Gasteiger partial charge in [-0.05, 0) is 36.8 Å². The third-order valence-corrected chi connectivity index (χ3v) is 6.82. The fraction of sp³-hybridized carbons (Fsp3) is 0.452. The lowest BCUT2D eigenvalue weighted by atomic mass is 10.0. The number of aromatic nitrogens is 1. The number of para-hydroxylation sites is 1. The number of Topliss-reactive ketones (excluding diaryl/α,β-unsaturated/α-hetero) is 1. The van der Waals surface area contributed by atoms with Gasteiger partial charge in [0.1, 0.15) is 18.1 Å². The van der Waals surface area contributed by atoms with E-state index >= 15 is 0 Å². The van der Waals surface area contributed by atoms with Gasteiger partial charge in [-0.25, -0.2) is 9.59 Å². The monoisotopic (exact) mass is 521 g/mol. The number of fused-ring (bicyclic) bond motifs is 1. The Labute approximate surface area is 224 Å². The molecule has 0 atom stereocenters.